The lowest BCUT2D eigenvalue weighted by molar-refractivity contribution is 0.324. The number of hydrogen-bond donors (Lipinski definition) is 1. The average Bonchev–Trinajstić information content (AvgIpc) is 2.92. The van der Waals surface area contributed by atoms with Crippen LogP contribution in [0.2, 0.25) is 0 Å². The van der Waals surface area contributed by atoms with E-state index in [4.69, 9.17) is 28.4 Å². The smallest absolute Gasteiger partial charge is 0.203 e. The van der Waals surface area contributed by atoms with Gasteiger partial charge in [0.2, 0.25) is 11.5 Å². The summed E-state index contributed by atoms with van der Waals surface area (Å²) in [7, 11) is 9.34. The van der Waals surface area contributed by atoms with E-state index in [1.54, 1.807) is 42.7 Å². The molecule has 0 atom stereocenters. The van der Waals surface area contributed by atoms with Gasteiger partial charge in [-0.2, -0.15) is 0 Å². The molecule has 8 heteroatoms. The molecule has 0 aliphatic carbocycles. The molecule has 1 N–H and O–H groups in total. The standard InChI is InChI=1S/C28H29NO7/c1-31-21-12-16(13-22(32-2)27(21)35-5)11-19-25(29-20-10-8-7-9-18(20)26(19)30)17-14-23(33-3)28(36-6)24(15-17)34-4/h7-10,12-15H,11H2,1-6H3,(H,29,30). The minimum absolute atomic E-state index is 0.0816. The van der Waals surface area contributed by atoms with Gasteiger partial charge < -0.3 is 33.4 Å². The van der Waals surface area contributed by atoms with E-state index >= 15 is 0 Å². The van der Waals surface area contributed by atoms with Gasteiger partial charge in [0.1, 0.15) is 0 Å². The molecular formula is C28H29NO7. The lowest BCUT2D eigenvalue weighted by Crippen LogP contribution is -2.14. The molecule has 1 aromatic heterocycles. The number of nitrogens with one attached hydrogen (secondary N) is 1. The van der Waals surface area contributed by atoms with Crippen LogP contribution in [0.5, 0.6) is 34.5 Å². The first kappa shape index (κ1) is 24.8. The molecule has 0 unspecified atom stereocenters. The van der Waals surface area contributed by atoms with Crippen LogP contribution in [0.1, 0.15) is 11.1 Å². The number of ether oxygens (including phenoxy) is 6. The first-order valence-electron chi connectivity index (χ1n) is 11.2. The number of pyridine rings is 1. The number of methoxy groups -OCH3 is 6. The minimum Gasteiger partial charge on any atom is -0.493 e. The summed E-state index contributed by atoms with van der Waals surface area (Å²) in [5, 5.41) is 0.594. The second-order valence-corrected chi connectivity index (χ2v) is 7.98. The number of aromatic nitrogens is 1. The van der Waals surface area contributed by atoms with Crippen molar-refractivity contribution < 1.29 is 28.4 Å². The van der Waals surface area contributed by atoms with Gasteiger partial charge in [-0.1, -0.05) is 12.1 Å². The Morgan fingerprint density at radius 2 is 1.17 bits per heavy atom. The fraction of sp³-hybridized carbons (Fsp3) is 0.250. The van der Waals surface area contributed by atoms with Gasteiger partial charge in [0.15, 0.2) is 28.4 Å². The van der Waals surface area contributed by atoms with Crippen molar-refractivity contribution in [2.45, 2.75) is 6.42 Å². The maximum absolute atomic E-state index is 13.8. The number of benzene rings is 3. The summed E-state index contributed by atoms with van der Waals surface area (Å²) >= 11 is 0. The Balaban J connectivity index is 1.99. The molecule has 1 heterocycles. The van der Waals surface area contributed by atoms with E-state index in [1.165, 1.54) is 0 Å². The molecule has 0 aliphatic heterocycles. The van der Waals surface area contributed by atoms with Crippen molar-refractivity contribution in [1.29, 1.82) is 0 Å². The van der Waals surface area contributed by atoms with Crippen molar-refractivity contribution in [1.82, 2.24) is 4.98 Å². The van der Waals surface area contributed by atoms with Crippen LogP contribution in [0.25, 0.3) is 22.2 Å². The SMILES string of the molecule is COc1cc(Cc2c(-c3cc(OC)c(OC)c(OC)c3)[nH]c3ccccc3c2=O)cc(OC)c1OC. The Morgan fingerprint density at radius 3 is 1.67 bits per heavy atom. The Morgan fingerprint density at radius 1 is 0.667 bits per heavy atom. The quantitative estimate of drug-likeness (QED) is 0.359. The first-order chi connectivity index (χ1) is 17.5. The van der Waals surface area contributed by atoms with Gasteiger partial charge in [-0.25, -0.2) is 0 Å². The predicted octanol–water partition coefficient (Wildman–Crippen LogP) is 4.84. The maximum Gasteiger partial charge on any atom is 0.203 e. The highest BCUT2D eigenvalue weighted by atomic mass is 16.5. The van der Waals surface area contributed by atoms with E-state index in [-0.39, 0.29) is 5.43 Å². The zero-order chi connectivity index (χ0) is 25.8. The fourth-order valence-corrected chi connectivity index (χ4v) is 4.36. The minimum atomic E-state index is -0.0816. The second kappa shape index (κ2) is 10.5. The van der Waals surface area contributed by atoms with Gasteiger partial charge in [-0.15, -0.1) is 0 Å². The molecule has 0 aliphatic rings. The van der Waals surface area contributed by atoms with Crippen molar-refractivity contribution in [3.05, 3.63) is 69.9 Å². The van der Waals surface area contributed by atoms with Gasteiger partial charge in [0, 0.05) is 28.5 Å². The van der Waals surface area contributed by atoms with Crippen LogP contribution in [0.15, 0.2) is 53.3 Å². The van der Waals surface area contributed by atoms with Gasteiger partial charge in [-0.05, 0) is 42.0 Å². The van der Waals surface area contributed by atoms with Crippen molar-refractivity contribution in [3.8, 4) is 45.8 Å². The topological polar surface area (TPSA) is 88.2 Å². The number of fused-ring (bicyclic) bond motifs is 1. The molecular weight excluding hydrogens is 462 g/mol. The molecule has 36 heavy (non-hydrogen) atoms. The number of para-hydroxylation sites is 1. The zero-order valence-electron chi connectivity index (χ0n) is 21.2. The highest BCUT2D eigenvalue weighted by Gasteiger charge is 2.21. The molecule has 0 amide bonds. The van der Waals surface area contributed by atoms with Crippen LogP contribution < -0.4 is 33.8 Å². The Hall–Kier alpha value is -4.33. The third kappa shape index (κ3) is 4.37. The van der Waals surface area contributed by atoms with Crippen LogP contribution in [0.4, 0.5) is 0 Å². The highest BCUT2D eigenvalue weighted by Crippen LogP contribution is 2.42. The fourth-order valence-electron chi connectivity index (χ4n) is 4.36. The van der Waals surface area contributed by atoms with E-state index in [0.717, 1.165) is 16.6 Å². The molecule has 4 aromatic rings. The van der Waals surface area contributed by atoms with Gasteiger partial charge in [0.25, 0.3) is 0 Å². The van der Waals surface area contributed by atoms with E-state index in [1.807, 2.05) is 48.5 Å². The molecule has 4 rings (SSSR count). The normalized spacial score (nSPS) is 10.7. The molecule has 0 spiro atoms. The molecule has 188 valence electrons. The van der Waals surface area contributed by atoms with Crippen LogP contribution >= 0.6 is 0 Å². The molecule has 0 fully saturated rings. The van der Waals surface area contributed by atoms with Crippen molar-refractivity contribution in [2.24, 2.45) is 0 Å². The first-order valence-corrected chi connectivity index (χ1v) is 11.2. The van der Waals surface area contributed by atoms with E-state index in [9.17, 15) is 4.79 Å². The summed E-state index contributed by atoms with van der Waals surface area (Å²) in [6.07, 6.45) is 0.308. The summed E-state index contributed by atoms with van der Waals surface area (Å²) in [6, 6.07) is 14.7. The summed E-state index contributed by atoms with van der Waals surface area (Å²) in [5.41, 5.74) is 3.39. The number of aromatic amines is 1. The van der Waals surface area contributed by atoms with E-state index in [2.05, 4.69) is 4.98 Å². The summed E-state index contributed by atoms with van der Waals surface area (Å²) < 4.78 is 33.1. The largest absolute Gasteiger partial charge is 0.493 e. The van der Waals surface area contributed by atoms with E-state index in [0.29, 0.717) is 57.6 Å². The number of hydrogen-bond acceptors (Lipinski definition) is 7. The predicted molar refractivity (Wildman–Crippen MR) is 139 cm³/mol. The van der Waals surface area contributed by atoms with Crippen molar-refractivity contribution in [2.75, 3.05) is 42.7 Å². The number of H-pyrrole nitrogens is 1. The average molecular weight is 492 g/mol. The Bertz CT molecular complexity index is 1410. The maximum atomic E-state index is 13.8. The second-order valence-electron chi connectivity index (χ2n) is 7.98. The zero-order valence-corrected chi connectivity index (χ0v) is 21.2. The van der Waals surface area contributed by atoms with Gasteiger partial charge >= 0.3 is 0 Å². The number of rotatable bonds is 9. The van der Waals surface area contributed by atoms with Crippen molar-refractivity contribution >= 4 is 10.9 Å². The lowest BCUT2D eigenvalue weighted by atomic mass is 9.96. The third-order valence-corrected chi connectivity index (χ3v) is 6.07. The van der Waals surface area contributed by atoms with E-state index < -0.39 is 0 Å². The Kier molecular flexibility index (Phi) is 7.24. The Labute approximate surface area is 209 Å². The van der Waals surface area contributed by atoms with Gasteiger partial charge in [0.05, 0.1) is 48.4 Å². The van der Waals surface area contributed by atoms with Crippen molar-refractivity contribution in [3.63, 3.8) is 0 Å². The highest BCUT2D eigenvalue weighted by molar-refractivity contribution is 5.84. The van der Waals surface area contributed by atoms with Crippen LogP contribution in [0.3, 0.4) is 0 Å². The monoisotopic (exact) mass is 491 g/mol. The molecule has 0 saturated carbocycles. The van der Waals surface area contributed by atoms with Crippen LogP contribution in [-0.4, -0.2) is 47.6 Å². The lowest BCUT2D eigenvalue weighted by Gasteiger charge is -2.18. The van der Waals surface area contributed by atoms with Gasteiger partial charge in [-0.3, -0.25) is 4.79 Å². The van der Waals surface area contributed by atoms with Crippen LogP contribution in [0, 0.1) is 0 Å². The summed E-state index contributed by atoms with van der Waals surface area (Å²) in [5.74, 6) is 2.95. The molecule has 3 aromatic carbocycles. The van der Waals surface area contributed by atoms with Crippen LogP contribution in [-0.2, 0) is 6.42 Å². The third-order valence-electron chi connectivity index (χ3n) is 6.07. The molecule has 8 nitrogen and oxygen atoms in total. The summed E-state index contributed by atoms with van der Waals surface area (Å²) in [6.45, 7) is 0. The molecule has 0 bridgehead atoms. The molecule has 0 radical (unpaired) electrons. The summed E-state index contributed by atoms with van der Waals surface area (Å²) in [4.78, 5) is 17.3. The molecule has 0 saturated heterocycles.